The number of carbonyl (C=O) groups is 2. The molecule has 4 aromatic rings. The van der Waals surface area contributed by atoms with E-state index in [9.17, 15) is 14.9 Å². The number of nitrogens with zero attached hydrogens (tertiary/aromatic N) is 4. The molecule has 43 heavy (non-hydrogen) atoms. The van der Waals surface area contributed by atoms with Crippen molar-refractivity contribution in [1.29, 1.82) is 5.26 Å². The topological polar surface area (TPSA) is 97.4 Å². The lowest BCUT2D eigenvalue weighted by atomic mass is 9.93. The van der Waals surface area contributed by atoms with Gasteiger partial charge in [-0.25, -0.2) is 4.68 Å². The highest BCUT2D eigenvalue weighted by atomic mass is 16.5. The van der Waals surface area contributed by atoms with E-state index in [1.54, 1.807) is 55.1 Å². The van der Waals surface area contributed by atoms with Gasteiger partial charge < -0.3 is 9.47 Å². The number of methoxy groups -OCH3 is 1. The number of imide groups is 1. The van der Waals surface area contributed by atoms with Crippen LogP contribution in [0.15, 0.2) is 108 Å². The van der Waals surface area contributed by atoms with Crippen LogP contribution >= 0.6 is 0 Å². The molecule has 3 aromatic carbocycles. The number of hydrogen-bond donors (Lipinski definition) is 0. The van der Waals surface area contributed by atoms with Crippen LogP contribution in [0.4, 0.5) is 0 Å². The van der Waals surface area contributed by atoms with Gasteiger partial charge in [0.2, 0.25) is 0 Å². The molecule has 1 aromatic heterocycles. The van der Waals surface area contributed by atoms with Crippen molar-refractivity contribution >= 4 is 17.9 Å². The van der Waals surface area contributed by atoms with E-state index in [0.717, 1.165) is 33.0 Å². The lowest BCUT2D eigenvalue weighted by Crippen LogP contribution is -2.42. The number of aryl methyl sites for hydroxylation is 1. The maximum Gasteiger partial charge on any atom is 0.271 e. The Kier molecular flexibility index (Phi) is 8.35. The number of ether oxygens (including phenoxy) is 2. The van der Waals surface area contributed by atoms with Gasteiger partial charge in [0.05, 0.1) is 25.0 Å². The Hall–Kier alpha value is -5.68. The molecule has 0 unspecified atom stereocenters. The van der Waals surface area contributed by atoms with Crippen molar-refractivity contribution < 1.29 is 19.1 Å². The second-order valence-corrected chi connectivity index (χ2v) is 10.0. The number of aromatic nitrogens is 2. The van der Waals surface area contributed by atoms with Crippen LogP contribution < -0.4 is 9.47 Å². The number of nitriles is 1. The Morgan fingerprint density at radius 3 is 2.40 bits per heavy atom. The summed E-state index contributed by atoms with van der Waals surface area (Å²) in [7, 11) is 1.57. The molecule has 2 amide bonds. The maximum absolute atomic E-state index is 13.9. The first-order valence-electron chi connectivity index (χ1n) is 13.7. The molecule has 0 aliphatic carbocycles. The van der Waals surface area contributed by atoms with Gasteiger partial charge in [0.25, 0.3) is 11.8 Å². The molecule has 0 spiro atoms. The van der Waals surface area contributed by atoms with Crippen LogP contribution in [-0.2, 0) is 16.1 Å². The zero-order valence-electron chi connectivity index (χ0n) is 24.2. The highest BCUT2D eigenvalue weighted by molar-refractivity contribution is 6.19. The van der Waals surface area contributed by atoms with Crippen LogP contribution in [0.2, 0.25) is 0 Å². The molecule has 8 nitrogen and oxygen atoms in total. The third-order valence-electron chi connectivity index (χ3n) is 7.19. The van der Waals surface area contributed by atoms with E-state index >= 15 is 0 Å². The van der Waals surface area contributed by atoms with Crippen LogP contribution in [0.3, 0.4) is 0 Å². The monoisotopic (exact) mass is 570 g/mol. The quantitative estimate of drug-likeness (QED) is 0.135. The van der Waals surface area contributed by atoms with Crippen molar-refractivity contribution in [3.63, 3.8) is 0 Å². The fraction of sp³-hybridized carbons (Fsp3) is 0.143. The molecular weight excluding hydrogens is 540 g/mol. The van der Waals surface area contributed by atoms with E-state index in [0.29, 0.717) is 29.2 Å². The van der Waals surface area contributed by atoms with Gasteiger partial charge in [-0.05, 0) is 79.1 Å². The number of rotatable bonds is 9. The number of hydrogen-bond acceptors (Lipinski definition) is 6. The summed E-state index contributed by atoms with van der Waals surface area (Å²) in [4.78, 5) is 28.3. The van der Waals surface area contributed by atoms with Crippen LogP contribution in [0.1, 0.15) is 23.6 Å². The second kappa shape index (κ2) is 12.5. The third-order valence-corrected chi connectivity index (χ3v) is 7.19. The minimum absolute atomic E-state index is 0.0129. The highest BCUT2D eigenvalue weighted by Gasteiger charge is 2.35. The fourth-order valence-electron chi connectivity index (χ4n) is 4.88. The van der Waals surface area contributed by atoms with Crippen molar-refractivity contribution in [2.45, 2.75) is 20.4 Å². The van der Waals surface area contributed by atoms with Gasteiger partial charge >= 0.3 is 0 Å². The molecule has 0 N–H and O–H groups in total. The van der Waals surface area contributed by atoms with E-state index in [-0.39, 0.29) is 17.7 Å². The Balaban J connectivity index is 1.62. The molecule has 0 radical (unpaired) electrons. The summed E-state index contributed by atoms with van der Waals surface area (Å²) in [5.41, 5.74) is 5.09. The summed E-state index contributed by atoms with van der Waals surface area (Å²) in [5.74, 6) is 0.287. The van der Waals surface area contributed by atoms with Gasteiger partial charge in [0.1, 0.15) is 29.7 Å². The van der Waals surface area contributed by atoms with Gasteiger partial charge in [-0.3, -0.25) is 14.5 Å². The smallest absolute Gasteiger partial charge is 0.271 e. The molecule has 8 heteroatoms. The summed E-state index contributed by atoms with van der Waals surface area (Å²) in [6, 6.07) is 24.5. The van der Waals surface area contributed by atoms with Gasteiger partial charge in [-0.1, -0.05) is 43.0 Å². The van der Waals surface area contributed by atoms with E-state index < -0.39 is 11.8 Å². The first-order valence-corrected chi connectivity index (χ1v) is 13.7. The number of amides is 2. The number of para-hydroxylation sites is 1. The first-order chi connectivity index (χ1) is 20.8. The van der Waals surface area contributed by atoms with Gasteiger partial charge in [-0.2, -0.15) is 10.4 Å². The normalized spacial score (nSPS) is 14.2. The predicted octanol–water partition coefficient (Wildman–Crippen LogP) is 6.21. The Morgan fingerprint density at radius 1 is 1.00 bits per heavy atom. The molecule has 1 aliphatic rings. The van der Waals surface area contributed by atoms with Gasteiger partial charge in [0.15, 0.2) is 0 Å². The minimum atomic E-state index is -0.621. The van der Waals surface area contributed by atoms with E-state index in [1.165, 1.54) is 0 Å². The zero-order chi connectivity index (χ0) is 30.5. The molecule has 1 aliphatic heterocycles. The summed E-state index contributed by atoms with van der Waals surface area (Å²) < 4.78 is 12.7. The fourth-order valence-corrected chi connectivity index (χ4v) is 4.88. The maximum atomic E-state index is 13.9. The van der Waals surface area contributed by atoms with Crippen molar-refractivity contribution in [2.24, 2.45) is 0 Å². The minimum Gasteiger partial charge on any atom is -0.497 e. The van der Waals surface area contributed by atoms with Crippen LogP contribution in [-0.4, -0.2) is 40.2 Å². The van der Waals surface area contributed by atoms with Crippen molar-refractivity contribution in [3.05, 3.63) is 125 Å². The summed E-state index contributed by atoms with van der Waals surface area (Å²) >= 11 is 0. The number of benzene rings is 3. The lowest BCUT2D eigenvalue weighted by molar-refractivity contribution is -0.141. The van der Waals surface area contributed by atoms with Gasteiger partial charge in [-0.15, -0.1) is 0 Å². The molecule has 214 valence electrons. The lowest BCUT2D eigenvalue weighted by Gasteiger charge is -2.27. The molecule has 2 heterocycles. The van der Waals surface area contributed by atoms with E-state index in [2.05, 4.69) is 6.58 Å². The van der Waals surface area contributed by atoms with Crippen molar-refractivity contribution in [3.8, 4) is 34.5 Å². The number of carbonyl (C=O) groups excluding carboxylic acids is 2. The second-order valence-electron chi connectivity index (χ2n) is 10.0. The summed E-state index contributed by atoms with van der Waals surface area (Å²) in [6.07, 6.45) is 5.24. The third kappa shape index (κ3) is 5.88. The average Bonchev–Trinajstić information content (AvgIpc) is 3.46. The zero-order valence-corrected chi connectivity index (χ0v) is 24.2. The molecule has 5 rings (SSSR count). The summed E-state index contributed by atoms with van der Waals surface area (Å²) in [5, 5.41) is 14.8. The molecule has 0 saturated heterocycles. The molecule has 0 atom stereocenters. The Bertz CT molecular complexity index is 1810. The Labute approximate surface area is 250 Å². The molecule has 0 saturated carbocycles. The van der Waals surface area contributed by atoms with E-state index in [4.69, 9.17) is 14.6 Å². The van der Waals surface area contributed by atoms with Gasteiger partial charge in [0, 0.05) is 22.9 Å². The van der Waals surface area contributed by atoms with Crippen molar-refractivity contribution in [2.75, 3.05) is 13.7 Å². The standard InChI is InChI=1S/C35H30N4O4/c1-5-17-43-32-16-13-26(18-23(32)2)33-27(22-39(37-33)28-9-7-6-8-10-28)19-30-24(3)31(20-36)35(41)38(34(30)40)21-25-11-14-29(42-4)15-12-25/h5-16,18-19,22H,1,17,21H2,2-4H3/b30-19+. The van der Waals surface area contributed by atoms with Crippen molar-refractivity contribution in [1.82, 2.24) is 14.7 Å². The molecule has 0 fully saturated rings. The SMILES string of the molecule is C=CCOc1ccc(-c2nn(-c3ccccc3)cc2/C=C2/C(=O)N(Cc3ccc(OC)cc3)C(=O)C(C#N)=C2C)cc1C. The molecule has 0 bridgehead atoms. The highest BCUT2D eigenvalue weighted by Crippen LogP contribution is 2.33. The summed E-state index contributed by atoms with van der Waals surface area (Å²) in [6.45, 7) is 7.69. The Morgan fingerprint density at radius 2 is 1.74 bits per heavy atom. The van der Waals surface area contributed by atoms with E-state index in [1.807, 2.05) is 67.7 Å². The average molecular weight is 571 g/mol. The predicted molar refractivity (Wildman–Crippen MR) is 164 cm³/mol. The van der Waals surface area contributed by atoms with Crippen LogP contribution in [0.25, 0.3) is 23.0 Å². The first kappa shape index (κ1) is 28.8. The largest absolute Gasteiger partial charge is 0.497 e. The van der Waals surface area contributed by atoms with Crippen LogP contribution in [0, 0.1) is 18.3 Å². The molecular formula is C35H30N4O4. The van der Waals surface area contributed by atoms with Crippen LogP contribution in [0.5, 0.6) is 11.5 Å².